The van der Waals surface area contributed by atoms with Gasteiger partial charge in [0.15, 0.2) is 0 Å². The van der Waals surface area contributed by atoms with Gasteiger partial charge < -0.3 is 10.6 Å². The molecule has 0 saturated heterocycles. The number of likely N-dealkylation sites (N-methyl/N-ethyl adjacent to an activating group) is 1. The van der Waals surface area contributed by atoms with Gasteiger partial charge in [-0.2, -0.15) is 5.10 Å². The zero-order valence-electron chi connectivity index (χ0n) is 8.36. The number of hydrogen-bond donors (Lipinski definition) is 2. The van der Waals surface area contributed by atoms with Gasteiger partial charge in [-0.3, -0.25) is 9.48 Å². The Balaban J connectivity index is 2.06. The summed E-state index contributed by atoms with van der Waals surface area (Å²) >= 11 is 0. The minimum Gasteiger partial charge on any atom is -0.353 e. The zero-order chi connectivity index (χ0) is 10.2. The summed E-state index contributed by atoms with van der Waals surface area (Å²) in [6, 6.07) is 1.86. The molecule has 0 atom stereocenters. The van der Waals surface area contributed by atoms with Crippen LogP contribution in [0.5, 0.6) is 0 Å². The van der Waals surface area contributed by atoms with Crippen LogP contribution in [0.4, 0.5) is 0 Å². The summed E-state index contributed by atoms with van der Waals surface area (Å²) in [7, 11) is 0. The standard InChI is InChI=1S/C9H16N4O/c1-2-10-8-9(14)11-5-7-13-6-3-4-12-13/h3-4,6,10H,2,5,7-8H2,1H3,(H,11,14). The Kier molecular flexibility index (Phi) is 4.71. The minimum absolute atomic E-state index is 0.0269. The maximum Gasteiger partial charge on any atom is 0.234 e. The lowest BCUT2D eigenvalue weighted by molar-refractivity contribution is -0.120. The fraction of sp³-hybridized carbons (Fsp3) is 0.556. The molecule has 1 aromatic heterocycles. The molecule has 78 valence electrons. The summed E-state index contributed by atoms with van der Waals surface area (Å²) in [6.45, 7) is 4.50. The highest BCUT2D eigenvalue weighted by Gasteiger charge is 1.98. The molecule has 5 nitrogen and oxygen atoms in total. The smallest absolute Gasteiger partial charge is 0.234 e. The highest BCUT2D eigenvalue weighted by atomic mass is 16.1. The van der Waals surface area contributed by atoms with Crippen LogP contribution in [0, 0.1) is 0 Å². The highest BCUT2D eigenvalue weighted by Crippen LogP contribution is 1.82. The number of amides is 1. The largest absolute Gasteiger partial charge is 0.353 e. The average molecular weight is 196 g/mol. The van der Waals surface area contributed by atoms with Crippen molar-refractivity contribution < 1.29 is 4.79 Å². The predicted molar refractivity (Wildman–Crippen MR) is 53.8 cm³/mol. The molecule has 1 rings (SSSR count). The van der Waals surface area contributed by atoms with E-state index < -0.39 is 0 Å². The quantitative estimate of drug-likeness (QED) is 0.651. The topological polar surface area (TPSA) is 59.0 Å². The first-order chi connectivity index (χ1) is 6.83. The Morgan fingerprint density at radius 1 is 1.57 bits per heavy atom. The zero-order valence-corrected chi connectivity index (χ0v) is 8.36. The average Bonchev–Trinajstić information content (AvgIpc) is 2.67. The van der Waals surface area contributed by atoms with E-state index in [1.807, 2.05) is 19.2 Å². The maximum absolute atomic E-state index is 11.1. The molecule has 1 heterocycles. The Bertz CT molecular complexity index is 258. The van der Waals surface area contributed by atoms with Crippen LogP contribution in [0.25, 0.3) is 0 Å². The van der Waals surface area contributed by atoms with Crippen LogP contribution in [-0.2, 0) is 11.3 Å². The van der Waals surface area contributed by atoms with Crippen LogP contribution >= 0.6 is 0 Å². The van der Waals surface area contributed by atoms with E-state index in [0.29, 0.717) is 19.6 Å². The lowest BCUT2D eigenvalue weighted by atomic mass is 10.5. The van der Waals surface area contributed by atoms with Crippen molar-refractivity contribution in [1.82, 2.24) is 20.4 Å². The molecule has 0 aliphatic rings. The van der Waals surface area contributed by atoms with Crippen molar-refractivity contribution in [2.24, 2.45) is 0 Å². The second-order valence-corrected chi connectivity index (χ2v) is 2.90. The third-order valence-electron chi connectivity index (χ3n) is 1.76. The number of carbonyl (C=O) groups excluding carboxylic acids is 1. The van der Waals surface area contributed by atoms with Gasteiger partial charge in [-0.15, -0.1) is 0 Å². The van der Waals surface area contributed by atoms with Gasteiger partial charge in [-0.05, 0) is 12.6 Å². The second-order valence-electron chi connectivity index (χ2n) is 2.90. The fourth-order valence-corrected chi connectivity index (χ4v) is 1.04. The predicted octanol–water partition coefficient (Wildman–Crippen LogP) is -0.391. The summed E-state index contributed by atoms with van der Waals surface area (Å²) < 4.78 is 1.79. The Labute approximate surface area is 83.5 Å². The summed E-state index contributed by atoms with van der Waals surface area (Å²) in [6.07, 6.45) is 3.59. The third kappa shape index (κ3) is 4.04. The number of nitrogens with zero attached hydrogens (tertiary/aromatic N) is 2. The van der Waals surface area contributed by atoms with Crippen LogP contribution in [0.1, 0.15) is 6.92 Å². The first kappa shape index (κ1) is 10.7. The van der Waals surface area contributed by atoms with E-state index >= 15 is 0 Å². The van der Waals surface area contributed by atoms with Crippen molar-refractivity contribution in [3.63, 3.8) is 0 Å². The van der Waals surface area contributed by atoms with Crippen molar-refractivity contribution in [1.29, 1.82) is 0 Å². The third-order valence-corrected chi connectivity index (χ3v) is 1.76. The Hall–Kier alpha value is -1.36. The second kappa shape index (κ2) is 6.15. The van der Waals surface area contributed by atoms with Gasteiger partial charge in [0, 0.05) is 18.9 Å². The van der Waals surface area contributed by atoms with Crippen molar-refractivity contribution in [3.8, 4) is 0 Å². The first-order valence-corrected chi connectivity index (χ1v) is 4.77. The fourth-order valence-electron chi connectivity index (χ4n) is 1.04. The van der Waals surface area contributed by atoms with Crippen LogP contribution < -0.4 is 10.6 Å². The molecule has 14 heavy (non-hydrogen) atoms. The van der Waals surface area contributed by atoms with Gasteiger partial charge in [0.05, 0.1) is 13.1 Å². The summed E-state index contributed by atoms with van der Waals surface area (Å²) in [5.74, 6) is 0.0269. The molecule has 0 unspecified atom stereocenters. The van der Waals surface area contributed by atoms with Gasteiger partial charge in [0.1, 0.15) is 0 Å². The number of hydrogen-bond acceptors (Lipinski definition) is 3. The molecular formula is C9H16N4O. The molecule has 0 aliphatic heterocycles. The molecule has 2 N–H and O–H groups in total. The van der Waals surface area contributed by atoms with Crippen molar-refractivity contribution in [2.45, 2.75) is 13.5 Å². The molecule has 0 spiro atoms. The van der Waals surface area contributed by atoms with E-state index in [-0.39, 0.29) is 5.91 Å². The molecule has 1 amide bonds. The lowest BCUT2D eigenvalue weighted by Crippen LogP contribution is -2.35. The monoisotopic (exact) mass is 196 g/mol. The molecule has 0 radical (unpaired) electrons. The van der Waals surface area contributed by atoms with Crippen molar-refractivity contribution in [2.75, 3.05) is 19.6 Å². The van der Waals surface area contributed by atoms with Gasteiger partial charge >= 0.3 is 0 Å². The van der Waals surface area contributed by atoms with Gasteiger partial charge in [-0.1, -0.05) is 6.92 Å². The number of aromatic nitrogens is 2. The van der Waals surface area contributed by atoms with E-state index in [1.54, 1.807) is 10.9 Å². The van der Waals surface area contributed by atoms with E-state index in [9.17, 15) is 4.79 Å². The highest BCUT2D eigenvalue weighted by molar-refractivity contribution is 5.77. The van der Waals surface area contributed by atoms with Crippen LogP contribution in [0.2, 0.25) is 0 Å². The van der Waals surface area contributed by atoms with Crippen LogP contribution in [0.15, 0.2) is 18.5 Å². The molecular weight excluding hydrogens is 180 g/mol. The SMILES string of the molecule is CCNCC(=O)NCCn1cccn1. The van der Waals surface area contributed by atoms with Crippen molar-refractivity contribution >= 4 is 5.91 Å². The van der Waals surface area contributed by atoms with Gasteiger partial charge in [0.2, 0.25) is 5.91 Å². The summed E-state index contributed by atoms with van der Waals surface area (Å²) in [5, 5.41) is 9.78. The van der Waals surface area contributed by atoms with Gasteiger partial charge in [-0.25, -0.2) is 0 Å². The number of carbonyl (C=O) groups is 1. The van der Waals surface area contributed by atoms with Gasteiger partial charge in [0.25, 0.3) is 0 Å². The van der Waals surface area contributed by atoms with E-state index in [4.69, 9.17) is 0 Å². The molecule has 0 aliphatic carbocycles. The molecule has 0 aromatic carbocycles. The number of nitrogens with one attached hydrogen (secondary N) is 2. The lowest BCUT2D eigenvalue weighted by Gasteiger charge is -2.05. The Morgan fingerprint density at radius 2 is 2.43 bits per heavy atom. The molecule has 1 aromatic rings. The van der Waals surface area contributed by atoms with E-state index in [2.05, 4.69) is 15.7 Å². The summed E-state index contributed by atoms with van der Waals surface area (Å²) in [4.78, 5) is 11.1. The first-order valence-electron chi connectivity index (χ1n) is 4.77. The van der Waals surface area contributed by atoms with E-state index in [1.165, 1.54) is 0 Å². The molecule has 0 fully saturated rings. The number of rotatable bonds is 6. The molecule has 0 bridgehead atoms. The molecule has 0 saturated carbocycles. The van der Waals surface area contributed by atoms with Crippen LogP contribution in [0.3, 0.4) is 0 Å². The maximum atomic E-state index is 11.1. The Morgan fingerprint density at radius 3 is 3.07 bits per heavy atom. The van der Waals surface area contributed by atoms with E-state index in [0.717, 1.165) is 6.54 Å². The molecule has 5 heteroatoms. The van der Waals surface area contributed by atoms with Crippen LogP contribution in [-0.4, -0.2) is 35.3 Å². The normalized spacial score (nSPS) is 10.1. The minimum atomic E-state index is 0.0269. The summed E-state index contributed by atoms with van der Waals surface area (Å²) in [5.41, 5.74) is 0. The van der Waals surface area contributed by atoms with Crippen molar-refractivity contribution in [3.05, 3.63) is 18.5 Å².